The molecule has 0 aliphatic rings. The average Bonchev–Trinajstić information content (AvgIpc) is 2.18. The van der Waals surface area contributed by atoms with Gasteiger partial charge in [-0.15, -0.1) is 0 Å². The van der Waals surface area contributed by atoms with Crippen LogP contribution in [0.3, 0.4) is 0 Å². The van der Waals surface area contributed by atoms with Crippen LogP contribution in [0.2, 0.25) is 0 Å². The Bertz CT molecular complexity index is 382. The lowest BCUT2D eigenvalue weighted by molar-refractivity contribution is -0.300. The number of carbonyl (C=O) groups is 3. The third kappa shape index (κ3) is 3.60. The van der Waals surface area contributed by atoms with E-state index in [1.165, 1.54) is 12.1 Å². The highest BCUT2D eigenvalue weighted by Gasteiger charge is 2.12. The van der Waals surface area contributed by atoms with Crippen molar-refractivity contribution >= 4 is 17.7 Å². The number of hydrogen-bond donors (Lipinski definition) is 0. The number of para-hydroxylation sites is 1. The van der Waals surface area contributed by atoms with E-state index in [-0.39, 0.29) is 5.75 Å². The van der Waals surface area contributed by atoms with Crippen LogP contribution in [0.5, 0.6) is 5.75 Å². The second kappa shape index (κ2) is 4.90. The maximum absolute atomic E-state index is 11.0. The van der Waals surface area contributed by atoms with Crippen molar-refractivity contribution in [3.63, 3.8) is 0 Å². The summed E-state index contributed by atoms with van der Waals surface area (Å²) in [5.41, 5.74) is 0. The van der Waals surface area contributed by atoms with Crippen molar-refractivity contribution in [1.29, 1.82) is 0 Å². The van der Waals surface area contributed by atoms with Crippen LogP contribution in [0.4, 0.5) is 0 Å². The number of carboxylic acid groups (broad SMARTS) is 1. The molecule has 0 saturated carbocycles. The smallest absolute Gasteiger partial charge is 0.319 e. The molecule has 0 aromatic heterocycles. The minimum atomic E-state index is -1.89. The average molecular weight is 207 g/mol. The van der Waals surface area contributed by atoms with Crippen LogP contribution < -0.4 is 9.84 Å². The van der Waals surface area contributed by atoms with Crippen molar-refractivity contribution in [3.8, 4) is 5.75 Å². The molecule has 0 unspecified atom stereocenters. The fourth-order valence-corrected chi connectivity index (χ4v) is 0.859. The van der Waals surface area contributed by atoms with Crippen LogP contribution in [0.15, 0.2) is 30.3 Å². The molecular formula is C10H7O5-. The SMILES string of the molecule is O=C(CC(=O)C(=O)[O-])Oc1ccccc1. The topological polar surface area (TPSA) is 83.5 Å². The van der Waals surface area contributed by atoms with E-state index in [4.69, 9.17) is 0 Å². The number of aliphatic carboxylic acids is 1. The van der Waals surface area contributed by atoms with Gasteiger partial charge in [-0.2, -0.15) is 0 Å². The number of ketones is 1. The zero-order valence-electron chi connectivity index (χ0n) is 7.64. The molecule has 5 nitrogen and oxygen atoms in total. The number of carbonyl (C=O) groups excluding carboxylic acids is 3. The summed E-state index contributed by atoms with van der Waals surface area (Å²) >= 11 is 0. The third-order valence-electron chi connectivity index (χ3n) is 1.51. The van der Waals surface area contributed by atoms with Crippen LogP contribution in [-0.2, 0) is 14.4 Å². The van der Waals surface area contributed by atoms with Gasteiger partial charge in [-0.05, 0) is 12.1 Å². The van der Waals surface area contributed by atoms with E-state index >= 15 is 0 Å². The van der Waals surface area contributed by atoms with Gasteiger partial charge in [0.15, 0.2) is 5.78 Å². The van der Waals surface area contributed by atoms with Crippen LogP contribution in [0.25, 0.3) is 0 Å². The van der Waals surface area contributed by atoms with Gasteiger partial charge in [0.05, 0.1) is 0 Å². The summed E-state index contributed by atoms with van der Waals surface area (Å²) in [4.78, 5) is 31.6. The Morgan fingerprint density at radius 3 is 2.27 bits per heavy atom. The Hall–Kier alpha value is -2.17. The predicted octanol–water partition coefficient (Wildman–Crippen LogP) is -0.699. The first-order valence-electron chi connectivity index (χ1n) is 4.09. The zero-order valence-corrected chi connectivity index (χ0v) is 7.64. The largest absolute Gasteiger partial charge is 0.542 e. The molecule has 5 heteroatoms. The van der Waals surface area contributed by atoms with E-state index in [2.05, 4.69) is 4.74 Å². The molecule has 1 rings (SSSR count). The quantitative estimate of drug-likeness (QED) is 0.282. The predicted molar refractivity (Wildman–Crippen MR) is 46.7 cm³/mol. The monoisotopic (exact) mass is 207 g/mol. The third-order valence-corrected chi connectivity index (χ3v) is 1.51. The summed E-state index contributed by atoms with van der Waals surface area (Å²) in [5.74, 6) is -3.85. The second-order valence-corrected chi connectivity index (χ2v) is 2.67. The van der Waals surface area contributed by atoms with Gasteiger partial charge >= 0.3 is 5.97 Å². The molecule has 78 valence electrons. The van der Waals surface area contributed by atoms with Gasteiger partial charge in [0, 0.05) is 0 Å². The molecule has 0 N–H and O–H groups in total. The number of Topliss-reactive ketones (excluding diaryl/α,β-unsaturated/α-hetero) is 1. The first kappa shape index (κ1) is 10.9. The molecule has 0 fully saturated rings. The lowest BCUT2D eigenvalue weighted by Crippen LogP contribution is -2.33. The van der Waals surface area contributed by atoms with Crippen molar-refractivity contribution in [1.82, 2.24) is 0 Å². The van der Waals surface area contributed by atoms with Crippen molar-refractivity contribution in [2.24, 2.45) is 0 Å². The Morgan fingerprint density at radius 1 is 1.13 bits per heavy atom. The number of ether oxygens (including phenoxy) is 1. The molecule has 0 spiro atoms. The molecule has 15 heavy (non-hydrogen) atoms. The highest BCUT2D eigenvalue weighted by molar-refractivity contribution is 6.34. The lowest BCUT2D eigenvalue weighted by Gasteiger charge is -2.03. The van der Waals surface area contributed by atoms with E-state index in [1.54, 1.807) is 18.2 Å². The molecule has 0 aliphatic heterocycles. The summed E-state index contributed by atoms with van der Waals surface area (Å²) in [5, 5.41) is 10.0. The molecule has 1 aromatic carbocycles. The summed E-state index contributed by atoms with van der Waals surface area (Å²) in [6, 6.07) is 8.04. The Labute approximate surface area is 85.3 Å². The molecule has 0 heterocycles. The van der Waals surface area contributed by atoms with Crippen molar-refractivity contribution in [2.45, 2.75) is 6.42 Å². The number of hydrogen-bond acceptors (Lipinski definition) is 5. The first-order valence-corrected chi connectivity index (χ1v) is 4.09. The van der Waals surface area contributed by atoms with Crippen LogP contribution in [-0.4, -0.2) is 17.7 Å². The Morgan fingerprint density at radius 2 is 1.73 bits per heavy atom. The van der Waals surface area contributed by atoms with Gasteiger partial charge in [0.1, 0.15) is 18.1 Å². The van der Waals surface area contributed by atoms with Gasteiger partial charge in [-0.25, -0.2) is 0 Å². The second-order valence-electron chi connectivity index (χ2n) is 2.67. The normalized spacial score (nSPS) is 9.33. The summed E-state index contributed by atoms with van der Waals surface area (Å²) in [6.45, 7) is 0. The van der Waals surface area contributed by atoms with Crippen LogP contribution >= 0.6 is 0 Å². The highest BCUT2D eigenvalue weighted by Crippen LogP contribution is 2.08. The maximum Gasteiger partial charge on any atom is 0.319 e. The minimum Gasteiger partial charge on any atom is -0.542 e. The number of carboxylic acids is 1. The number of esters is 1. The van der Waals surface area contributed by atoms with Crippen molar-refractivity contribution < 1.29 is 24.2 Å². The van der Waals surface area contributed by atoms with E-state index < -0.39 is 24.1 Å². The van der Waals surface area contributed by atoms with Crippen LogP contribution in [0.1, 0.15) is 6.42 Å². The summed E-state index contributed by atoms with van der Waals surface area (Å²) in [7, 11) is 0. The summed E-state index contributed by atoms with van der Waals surface area (Å²) in [6.07, 6.45) is -0.822. The van der Waals surface area contributed by atoms with Crippen LogP contribution in [0, 0.1) is 0 Å². The molecule has 0 atom stereocenters. The lowest BCUT2D eigenvalue weighted by atomic mass is 10.3. The van der Waals surface area contributed by atoms with E-state index in [9.17, 15) is 19.5 Å². The van der Waals surface area contributed by atoms with Gasteiger partial charge in [0.2, 0.25) is 0 Å². The van der Waals surface area contributed by atoms with Gasteiger partial charge < -0.3 is 14.6 Å². The van der Waals surface area contributed by atoms with Crippen molar-refractivity contribution in [3.05, 3.63) is 30.3 Å². The molecule has 0 aliphatic carbocycles. The van der Waals surface area contributed by atoms with Gasteiger partial charge in [-0.1, -0.05) is 18.2 Å². The summed E-state index contributed by atoms with van der Waals surface area (Å²) < 4.78 is 4.68. The molecular weight excluding hydrogens is 200 g/mol. The molecule has 0 bridgehead atoms. The van der Waals surface area contributed by atoms with E-state index in [0.717, 1.165) is 0 Å². The fourth-order valence-electron chi connectivity index (χ4n) is 0.859. The molecule has 0 radical (unpaired) electrons. The minimum absolute atomic E-state index is 0.258. The molecule has 1 aromatic rings. The maximum atomic E-state index is 11.0. The standard InChI is InChI=1S/C10H8O5/c11-8(10(13)14)6-9(12)15-7-4-2-1-3-5-7/h1-5H,6H2,(H,13,14)/p-1. The van der Waals surface area contributed by atoms with Gasteiger partial charge in [-0.3, -0.25) is 9.59 Å². The zero-order chi connectivity index (χ0) is 11.3. The Kier molecular flexibility index (Phi) is 3.56. The Balaban J connectivity index is 2.51. The first-order chi connectivity index (χ1) is 7.09. The highest BCUT2D eigenvalue weighted by atomic mass is 16.5. The molecule has 0 amide bonds. The van der Waals surface area contributed by atoms with E-state index in [0.29, 0.717) is 0 Å². The van der Waals surface area contributed by atoms with E-state index in [1.807, 2.05) is 0 Å². The number of benzene rings is 1. The fraction of sp³-hybridized carbons (Fsp3) is 0.100. The molecule has 0 saturated heterocycles. The number of rotatable bonds is 4. The van der Waals surface area contributed by atoms with Crippen molar-refractivity contribution in [2.75, 3.05) is 0 Å². The van der Waals surface area contributed by atoms with Gasteiger partial charge in [0.25, 0.3) is 0 Å².